The summed E-state index contributed by atoms with van der Waals surface area (Å²) >= 11 is 0. The van der Waals surface area contributed by atoms with E-state index in [-0.39, 0.29) is 17.9 Å². The molecule has 0 atom stereocenters. The number of hydrogen-bond acceptors (Lipinski definition) is 4. The van der Waals surface area contributed by atoms with E-state index in [1.54, 1.807) is 25.3 Å². The molecule has 5 heteroatoms. The molecular formula is C14H22N2O3. The Kier molecular flexibility index (Phi) is 5.18. The summed E-state index contributed by atoms with van der Waals surface area (Å²) < 4.78 is 10.9. The van der Waals surface area contributed by atoms with E-state index in [1.807, 2.05) is 13.8 Å². The molecule has 5 nitrogen and oxygen atoms in total. The fourth-order valence-electron chi connectivity index (χ4n) is 1.48. The molecule has 1 aromatic rings. The zero-order chi connectivity index (χ0) is 14.5. The van der Waals surface area contributed by atoms with Crippen LogP contribution in [0.25, 0.3) is 0 Å². The minimum Gasteiger partial charge on any atom is -0.493 e. The second-order valence-electron chi connectivity index (χ2n) is 5.04. The quantitative estimate of drug-likeness (QED) is 0.519. The molecule has 0 spiro atoms. The van der Waals surface area contributed by atoms with Crippen molar-refractivity contribution in [2.75, 3.05) is 13.7 Å². The van der Waals surface area contributed by atoms with Gasteiger partial charge in [-0.1, -0.05) is 19.9 Å². The monoisotopic (exact) mass is 266 g/mol. The van der Waals surface area contributed by atoms with Gasteiger partial charge in [-0.05, 0) is 24.1 Å². The SMILES string of the molecule is COc1cc(CO)ccc1OCCC(C)(C)C(=N)N. The lowest BCUT2D eigenvalue weighted by atomic mass is 9.88. The van der Waals surface area contributed by atoms with Crippen LogP contribution in [0.15, 0.2) is 18.2 Å². The minimum atomic E-state index is -0.377. The van der Waals surface area contributed by atoms with Gasteiger partial charge in [0.15, 0.2) is 11.5 Å². The van der Waals surface area contributed by atoms with Crippen LogP contribution < -0.4 is 15.2 Å². The largest absolute Gasteiger partial charge is 0.493 e. The molecule has 0 bridgehead atoms. The highest BCUT2D eigenvalue weighted by Crippen LogP contribution is 2.29. The average molecular weight is 266 g/mol. The van der Waals surface area contributed by atoms with E-state index in [0.29, 0.717) is 24.5 Å². The van der Waals surface area contributed by atoms with E-state index in [4.69, 9.17) is 25.7 Å². The van der Waals surface area contributed by atoms with E-state index in [0.717, 1.165) is 5.56 Å². The summed E-state index contributed by atoms with van der Waals surface area (Å²) in [5, 5.41) is 16.5. The van der Waals surface area contributed by atoms with E-state index in [2.05, 4.69) is 0 Å². The number of benzene rings is 1. The van der Waals surface area contributed by atoms with Crippen molar-refractivity contribution >= 4 is 5.84 Å². The van der Waals surface area contributed by atoms with Crippen LogP contribution in [-0.2, 0) is 6.61 Å². The molecule has 0 aromatic heterocycles. The Balaban J connectivity index is 2.65. The molecule has 19 heavy (non-hydrogen) atoms. The Morgan fingerprint density at radius 2 is 2.05 bits per heavy atom. The van der Waals surface area contributed by atoms with Crippen molar-refractivity contribution in [3.05, 3.63) is 23.8 Å². The van der Waals surface area contributed by atoms with E-state index in [9.17, 15) is 0 Å². The van der Waals surface area contributed by atoms with Gasteiger partial charge in [0.1, 0.15) is 0 Å². The summed E-state index contributed by atoms with van der Waals surface area (Å²) in [6, 6.07) is 5.30. The summed E-state index contributed by atoms with van der Waals surface area (Å²) in [6.07, 6.45) is 0.646. The maximum atomic E-state index is 9.06. The van der Waals surface area contributed by atoms with Gasteiger partial charge in [0, 0.05) is 5.41 Å². The maximum absolute atomic E-state index is 9.06. The number of methoxy groups -OCH3 is 1. The number of nitrogens with two attached hydrogens (primary N) is 1. The molecule has 4 N–H and O–H groups in total. The smallest absolute Gasteiger partial charge is 0.161 e. The van der Waals surface area contributed by atoms with E-state index >= 15 is 0 Å². The van der Waals surface area contributed by atoms with E-state index in [1.165, 1.54) is 0 Å². The molecule has 1 rings (SSSR count). The normalized spacial score (nSPS) is 11.2. The molecule has 0 fully saturated rings. The highest BCUT2D eigenvalue weighted by atomic mass is 16.5. The first-order valence-electron chi connectivity index (χ1n) is 6.16. The number of hydrogen-bond donors (Lipinski definition) is 3. The van der Waals surface area contributed by atoms with Crippen LogP contribution in [0.4, 0.5) is 0 Å². The third kappa shape index (κ3) is 4.13. The molecule has 0 unspecified atom stereocenters. The van der Waals surface area contributed by atoms with Gasteiger partial charge < -0.3 is 20.3 Å². The van der Waals surface area contributed by atoms with Gasteiger partial charge in [0.05, 0.1) is 26.2 Å². The molecule has 106 valence electrons. The van der Waals surface area contributed by atoms with Gasteiger partial charge in [-0.3, -0.25) is 5.41 Å². The molecular weight excluding hydrogens is 244 g/mol. The highest BCUT2D eigenvalue weighted by Gasteiger charge is 2.21. The van der Waals surface area contributed by atoms with Crippen molar-refractivity contribution < 1.29 is 14.6 Å². The summed E-state index contributed by atoms with van der Waals surface area (Å²) in [5.41, 5.74) is 5.91. The fraction of sp³-hybridized carbons (Fsp3) is 0.500. The summed E-state index contributed by atoms with van der Waals surface area (Å²) in [6.45, 7) is 4.23. The van der Waals surface area contributed by atoms with Gasteiger partial charge in [0.2, 0.25) is 0 Å². The standard InChI is InChI=1S/C14H22N2O3/c1-14(2,13(15)16)6-7-19-11-5-4-10(9-17)8-12(11)18-3/h4-5,8,17H,6-7,9H2,1-3H3,(H3,15,16). The number of rotatable bonds is 7. The Hall–Kier alpha value is -1.75. The van der Waals surface area contributed by atoms with Gasteiger partial charge in [0.25, 0.3) is 0 Å². The van der Waals surface area contributed by atoms with Gasteiger partial charge in [-0.15, -0.1) is 0 Å². The lowest BCUT2D eigenvalue weighted by molar-refractivity contribution is 0.254. The fourth-order valence-corrected chi connectivity index (χ4v) is 1.48. The second kappa shape index (κ2) is 6.43. The van der Waals surface area contributed by atoms with Gasteiger partial charge >= 0.3 is 0 Å². The zero-order valence-corrected chi connectivity index (χ0v) is 11.7. The topological polar surface area (TPSA) is 88.6 Å². The van der Waals surface area contributed by atoms with Crippen molar-refractivity contribution in [2.45, 2.75) is 26.9 Å². The Morgan fingerprint density at radius 3 is 2.58 bits per heavy atom. The second-order valence-corrected chi connectivity index (χ2v) is 5.04. The minimum absolute atomic E-state index is 0.0337. The van der Waals surface area contributed by atoms with Crippen molar-refractivity contribution in [3.8, 4) is 11.5 Å². The maximum Gasteiger partial charge on any atom is 0.161 e. The highest BCUT2D eigenvalue weighted by molar-refractivity contribution is 5.82. The van der Waals surface area contributed by atoms with Gasteiger partial charge in [-0.2, -0.15) is 0 Å². The lowest BCUT2D eigenvalue weighted by Crippen LogP contribution is -2.32. The molecule has 0 radical (unpaired) electrons. The van der Waals surface area contributed by atoms with E-state index < -0.39 is 0 Å². The Morgan fingerprint density at radius 1 is 1.37 bits per heavy atom. The number of amidine groups is 1. The molecule has 0 amide bonds. The molecule has 0 saturated heterocycles. The van der Waals surface area contributed by atoms with Crippen molar-refractivity contribution in [1.29, 1.82) is 5.41 Å². The van der Waals surface area contributed by atoms with Crippen LogP contribution in [0.5, 0.6) is 11.5 Å². The molecule has 0 aliphatic rings. The summed E-state index contributed by atoms with van der Waals surface area (Å²) in [7, 11) is 1.56. The molecule has 1 aromatic carbocycles. The van der Waals surface area contributed by atoms with Crippen LogP contribution in [0.1, 0.15) is 25.8 Å². The van der Waals surface area contributed by atoms with Crippen LogP contribution in [0.3, 0.4) is 0 Å². The third-order valence-corrected chi connectivity index (χ3v) is 3.12. The van der Waals surface area contributed by atoms with Crippen LogP contribution in [0.2, 0.25) is 0 Å². The number of nitrogens with one attached hydrogen (secondary N) is 1. The Bertz CT molecular complexity index is 444. The zero-order valence-electron chi connectivity index (χ0n) is 11.7. The summed E-state index contributed by atoms with van der Waals surface area (Å²) in [4.78, 5) is 0. The number of aliphatic hydroxyl groups is 1. The van der Waals surface area contributed by atoms with Crippen molar-refractivity contribution in [3.63, 3.8) is 0 Å². The van der Waals surface area contributed by atoms with Crippen LogP contribution >= 0.6 is 0 Å². The Labute approximate surface area is 113 Å². The molecule has 0 aliphatic carbocycles. The lowest BCUT2D eigenvalue weighted by Gasteiger charge is -2.23. The summed E-state index contributed by atoms with van der Waals surface area (Å²) in [5.74, 6) is 1.37. The van der Waals surface area contributed by atoms with Crippen LogP contribution in [-0.4, -0.2) is 24.7 Å². The van der Waals surface area contributed by atoms with Crippen LogP contribution in [0, 0.1) is 10.8 Å². The number of aliphatic hydroxyl groups excluding tert-OH is 1. The van der Waals surface area contributed by atoms with Crippen molar-refractivity contribution in [1.82, 2.24) is 0 Å². The predicted molar refractivity (Wildman–Crippen MR) is 74.7 cm³/mol. The average Bonchev–Trinajstić information content (AvgIpc) is 2.38. The predicted octanol–water partition coefficient (Wildman–Crippen LogP) is 1.92. The first kappa shape index (κ1) is 15.3. The molecule has 0 aliphatic heterocycles. The first-order chi connectivity index (χ1) is 8.90. The molecule has 0 saturated carbocycles. The first-order valence-corrected chi connectivity index (χ1v) is 6.16. The van der Waals surface area contributed by atoms with Crippen molar-refractivity contribution in [2.24, 2.45) is 11.1 Å². The van der Waals surface area contributed by atoms with Gasteiger partial charge in [-0.25, -0.2) is 0 Å². The number of ether oxygens (including phenoxy) is 2. The molecule has 0 heterocycles. The third-order valence-electron chi connectivity index (χ3n) is 3.12.